The highest BCUT2D eigenvalue weighted by Gasteiger charge is 2.25. The van der Waals surface area contributed by atoms with Gasteiger partial charge in [0.2, 0.25) is 0 Å². The van der Waals surface area contributed by atoms with Crippen LogP contribution in [0.1, 0.15) is 32.8 Å². The lowest BCUT2D eigenvalue weighted by atomic mass is 9.81. The van der Waals surface area contributed by atoms with Gasteiger partial charge in [0, 0.05) is 0 Å². The molecule has 0 amide bonds. The molecule has 3 heteroatoms. The van der Waals surface area contributed by atoms with Gasteiger partial charge in [-0.2, -0.15) is 0 Å². The first-order valence-electron chi connectivity index (χ1n) is 4.35. The van der Waals surface area contributed by atoms with Gasteiger partial charge in [0.15, 0.2) is 0 Å². The third-order valence-corrected chi connectivity index (χ3v) is 3.32. The Balaban J connectivity index is 2.87. The van der Waals surface area contributed by atoms with Crippen LogP contribution in [0, 0.1) is 0 Å². The van der Waals surface area contributed by atoms with E-state index in [1.54, 1.807) is 11.3 Å². The summed E-state index contributed by atoms with van der Waals surface area (Å²) < 4.78 is 0.839. The van der Waals surface area contributed by atoms with Crippen LogP contribution in [0.2, 0.25) is 4.34 Å². The van der Waals surface area contributed by atoms with Crippen LogP contribution in [-0.4, -0.2) is 11.2 Å². The first-order chi connectivity index (χ1) is 5.93. The second-order valence-corrected chi connectivity index (χ2v) is 5.56. The van der Waals surface area contributed by atoms with Crippen LogP contribution in [-0.2, 0) is 5.41 Å². The topological polar surface area (TPSA) is 20.2 Å². The summed E-state index contributed by atoms with van der Waals surface area (Å²) in [6.07, 6.45) is 0.453. The van der Waals surface area contributed by atoms with Gasteiger partial charge >= 0.3 is 0 Å². The number of rotatable bonds is 3. The van der Waals surface area contributed by atoms with Crippen molar-refractivity contribution in [3.63, 3.8) is 0 Å². The molecule has 0 aliphatic carbocycles. The molecule has 0 saturated carbocycles. The van der Waals surface area contributed by atoms with Crippen molar-refractivity contribution in [2.75, 3.05) is 0 Å². The number of hydrogen-bond acceptors (Lipinski definition) is 2. The van der Waals surface area contributed by atoms with E-state index in [2.05, 4.69) is 13.8 Å². The summed E-state index contributed by atoms with van der Waals surface area (Å²) in [5.74, 6) is 0. The fraction of sp³-hybridized carbons (Fsp3) is 0.600. The molecule has 1 aromatic rings. The van der Waals surface area contributed by atoms with E-state index < -0.39 is 0 Å². The molecule has 74 valence electrons. The molecular weight excluding hydrogens is 204 g/mol. The van der Waals surface area contributed by atoms with Crippen molar-refractivity contribution in [2.45, 2.75) is 38.7 Å². The van der Waals surface area contributed by atoms with E-state index in [0.717, 1.165) is 16.3 Å². The molecule has 1 N–H and O–H groups in total. The summed E-state index contributed by atoms with van der Waals surface area (Å²) in [7, 11) is 0. The van der Waals surface area contributed by atoms with Crippen LogP contribution >= 0.6 is 22.9 Å². The van der Waals surface area contributed by atoms with Crippen LogP contribution in [0.4, 0.5) is 0 Å². The second kappa shape index (κ2) is 3.99. The first kappa shape index (κ1) is 11.0. The third-order valence-electron chi connectivity index (χ3n) is 2.15. The Morgan fingerprint density at radius 2 is 2.23 bits per heavy atom. The summed E-state index contributed by atoms with van der Waals surface area (Å²) in [5.41, 5.74) is 1.10. The third kappa shape index (κ3) is 2.70. The molecule has 1 atom stereocenters. The lowest BCUT2D eigenvalue weighted by molar-refractivity contribution is 0.157. The SMILES string of the molecule is CC(O)CC(C)(C)c1ccsc1Cl. The Hall–Kier alpha value is -0.0500. The molecule has 0 radical (unpaired) electrons. The highest BCUT2D eigenvalue weighted by molar-refractivity contribution is 7.14. The summed E-state index contributed by atoms with van der Waals surface area (Å²) >= 11 is 7.59. The van der Waals surface area contributed by atoms with Gasteiger partial charge in [0.25, 0.3) is 0 Å². The van der Waals surface area contributed by atoms with Crippen molar-refractivity contribution < 1.29 is 5.11 Å². The van der Waals surface area contributed by atoms with E-state index in [1.807, 2.05) is 18.4 Å². The quantitative estimate of drug-likeness (QED) is 0.824. The standard InChI is InChI=1S/C10H15ClOS/c1-7(12)6-10(2,3)8-4-5-13-9(8)11/h4-5,7,12H,6H2,1-3H3. The minimum Gasteiger partial charge on any atom is -0.393 e. The molecule has 1 aromatic heterocycles. The van der Waals surface area contributed by atoms with Crippen molar-refractivity contribution in [1.29, 1.82) is 0 Å². The van der Waals surface area contributed by atoms with E-state index in [9.17, 15) is 5.11 Å². The van der Waals surface area contributed by atoms with Gasteiger partial charge in [0.1, 0.15) is 0 Å². The molecule has 0 aliphatic rings. The molecular formula is C10H15ClOS. The predicted octanol–water partition coefficient (Wildman–Crippen LogP) is 3.45. The number of aliphatic hydroxyl groups excluding tert-OH is 1. The molecule has 1 rings (SSSR count). The van der Waals surface area contributed by atoms with Crippen LogP contribution < -0.4 is 0 Å². The Morgan fingerprint density at radius 1 is 1.62 bits per heavy atom. The van der Waals surface area contributed by atoms with Crippen molar-refractivity contribution in [3.05, 3.63) is 21.3 Å². The Kier molecular flexibility index (Phi) is 3.38. The van der Waals surface area contributed by atoms with Crippen molar-refractivity contribution in [2.24, 2.45) is 0 Å². The highest BCUT2D eigenvalue weighted by Crippen LogP contribution is 2.36. The Morgan fingerprint density at radius 3 is 2.62 bits per heavy atom. The van der Waals surface area contributed by atoms with Crippen LogP contribution in [0.5, 0.6) is 0 Å². The van der Waals surface area contributed by atoms with E-state index in [-0.39, 0.29) is 11.5 Å². The van der Waals surface area contributed by atoms with E-state index >= 15 is 0 Å². The fourth-order valence-electron chi connectivity index (χ4n) is 1.63. The zero-order valence-electron chi connectivity index (χ0n) is 8.17. The zero-order chi connectivity index (χ0) is 10.1. The largest absolute Gasteiger partial charge is 0.393 e. The molecule has 0 fully saturated rings. The Bertz CT molecular complexity index is 278. The number of hydrogen-bond donors (Lipinski definition) is 1. The lowest BCUT2D eigenvalue weighted by Gasteiger charge is -2.25. The van der Waals surface area contributed by atoms with Crippen molar-refractivity contribution in [3.8, 4) is 0 Å². The molecule has 0 aromatic carbocycles. The van der Waals surface area contributed by atoms with Gasteiger partial charge in [-0.05, 0) is 35.8 Å². The normalized spacial score (nSPS) is 14.5. The summed E-state index contributed by atoms with van der Waals surface area (Å²) in [4.78, 5) is 0. The van der Waals surface area contributed by atoms with Crippen LogP contribution in [0.3, 0.4) is 0 Å². The molecule has 1 nitrogen and oxygen atoms in total. The maximum Gasteiger partial charge on any atom is 0.0965 e. The smallest absolute Gasteiger partial charge is 0.0965 e. The second-order valence-electron chi connectivity index (χ2n) is 4.05. The van der Waals surface area contributed by atoms with Gasteiger partial charge in [0.05, 0.1) is 10.4 Å². The summed E-state index contributed by atoms with van der Waals surface area (Å²) in [6, 6.07) is 2.04. The number of halogens is 1. The van der Waals surface area contributed by atoms with Gasteiger partial charge in [-0.25, -0.2) is 0 Å². The molecule has 13 heavy (non-hydrogen) atoms. The van der Waals surface area contributed by atoms with E-state index in [4.69, 9.17) is 11.6 Å². The van der Waals surface area contributed by atoms with Crippen molar-refractivity contribution in [1.82, 2.24) is 0 Å². The first-order valence-corrected chi connectivity index (χ1v) is 5.61. The molecule has 0 bridgehead atoms. The minimum absolute atomic E-state index is 0.0365. The van der Waals surface area contributed by atoms with E-state index in [1.165, 1.54) is 0 Å². The molecule has 1 unspecified atom stereocenters. The summed E-state index contributed by atoms with van der Waals surface area (Å²) in [6.45, 7) is 6.02. The molecule has 1 heterocycles. The number of aliphatic hydroxyl groups is 1. The van der Waals surface area contributed by atoms with Crippen molar-refractivity contribution >= 4 is 22.9 Å². The zero-order valence-corrected chi connectivity index (χ0v) is 9.75. The lowest BCUT2D eigenvalue weighted by Crippen LogP contribution is -2.22. The minimum atomic E-state index is -0.286. The van der Waals surface area contributed by atoms with Gasteiger partial charge < -0.3 is 5.11 Å². The molecule has 0 spiro atoms. The van der Waals surface area contributed by atoms with E-state index in [0.29, 0.717) is 0 Å². The summed E-state index contributed by atoms with van der Waals surface area (Å²) in [5, 5.41) is 11.3. The maximum atomic E-state index is 9.34. The van der Waals surface area contributed by atoms with Crippen LogP contribution in [0.15, 0.2) is 11.4 Å². The predicted molar refractivity (Wildman–Crippen MR) is 58.7 cm³/mol. The van der Waals surface area contributed by atoms with Crippen LogP contribution in [0.25, 0.3) is 0 Å². The van der Waals surface area contributed by atoms with Gasteiger partial charge in [-0.3, -0.25) is 0 Å². The molecule has 0 saturated heterocycles. The average Bonchev–Trinajstić information content (AvgIpc) is 2.32. The van der Waals surface area contributed by atoms with Gasteiger partial charge in [-0.1, -0.05) is 25.4 Å². The highest BCUT2D eigenvalue weighted by atomic mass is 35.5. The average molecular weight is 219 g/mol. The monoisotopic (exact) mass is 218 g/mol. The number of thiophene rings is 1. The fourth-order valence-corrected chi connectivity index (χ4v) is 2.90. The Labute approximate surface area is 88.4 Å². The maximum absolute atomic E-state index is 9.34. The van der Waals surface area contributed by atoms with Gasteiger partial charge in [-0.15, -0.1) is 11.3 Å². The molecule has 0 aliphatic heterocycles.